The molecule has 1 aliphatic rings. The highest BCUT2D eigenvalue weighted by Crippen LogP contribution is 2.16. The molecule has 0 saturated heterocycles. The molecule has 0 aromatic carbocycles. The Kier molecular flexibility index (Phi) is 2.11. The van der Waals surface area contributed by atoms with E-state index >= 15 is 0 Å². The van der Waals surface area contributed by atoms with Crippen LogP contribution in [-0.4, -0.2) is 17.8 Å². The Labute approximate surface area is 55.1 Å². The van der Waals surface area contributed by atoms with Gasteiger partial charge in [0.15, 0.2) is 0 Å². The Morgan fingerprint density at radius 3 is 3.00 bits per heavy atom. The molecule has 2 heteroatoms. The van der Waals surface area contributed by atoms with Gasteiger partial charge in [0, 0.05) is 0 Å². The van der Waals surface area contributed by atoms with Crippen LogP contribution in [0, 0.1) is 5.92 Å². The van der Waals surface area contributed by atoms with E-state index in [0.29, 0.717) is 5.92 Å². The highest BCUT2D eigenvalue weighted by atomic mass is 16.5. The average molecular weight is 128 g/mol. The molecule has 1 rings (SSSR count). The van der Waals surface area contributed by atoms with Crippen molar-refractivity contribution >= 4 is 0 Å². The minimum atomic E-state index is 0.0231. The second-order valence-electron chi connectivity index (χ2n) is 2.44. The van der Waals surface area contributed by atoms with Gasteiger partial charge in [-0.25, -0.2) is 0 Å². The Morgan fingerprint density at radius 2 is 2.56 bits per heavy atom. The Hall–Kier alpha value is -0.500. The van der Waals surface area contributed by atoms with Crippen molar-refractivity contribution in [3.05, 3.63) is 12.3 Å². The summed E-state index contributed by atoms with van der Waals surface area (Å²) in [6.45, 7) is 2.20. The van der Waals surface area contributed by atoms with E-state index in [1.807, 2.05) is 6.08 Å². The van der Waals surface area contributed by atoms with Crippen LogP contribution in [0.5, 0.6) is 0 Å². The van der Waals surface area contributed by atoms with Crippen LogP contribution in [-0.2, 0) is 4.74 Å². The van der Waals surface area contributed by atoms with E-state index < -0.39 is 0 Å². The van der Waals surface area contributed by atoms with E-state index in [1.54, 1.807) is 6.26 Å². The first-order valence-electron chi connectivity index (χ1n) is 3.26. The SMILES string of the molecule is CC1CC=COC1CO. The zero-order valence-electron chi connectivity index (χ0n) is 5.58. The number of hydrogen-bond acceptors (Lipinski definition) is 2. The van der Waals surface area contributed by atoms with E-state index in [0.717, 1.165) is 6.42 Å². The summed E-state index contributed by atoms with van der Waals surface area (Å²) in [5, 5.41) is 8.70. The van der Waals surface area contributed by atoms with Crippen LogP contribution in [0.25, 0.3) is 0 Å². The summed E-state index contributed by atoms with van der Waals surface area (Å²) < 4.78 is 5.11. The second-order valence-corrected chi connectivity index (χ2v) is 2.44. The number of aliphatic hydroxyl groups excluding tert-OH is 1. The van der Waals surface area contributed by atoms with Crippen LogP contribution < -0.4 is 0 Å². The smallest absolute Gasteiger partial charge is 0.124 e. The van der Waals surface area contributed by atoms with Gasteiger partial charge in [0.1, 0.15) is 6.10 Å². The fourth-order valence-corrected chi connectivity index (χ4v) is 0.936. The van der Waals surface area contributed by atoms with Gasteiger partial charge in [-0.15, -0.1) is 0 Å². The lowest BCUT2D eigenvalue weighted by atomic mass is 10.0. The number of rotatable bonds is 1. The lowest BCUT2D eigenvalue weighted by Crippen LogP contribution is -2.25. The largest absolute Gasteiger partial charge is 0.496 e. The molecule has 0 bridgehead atoms. The second kappa shape index (κ2) is 2.87. The molecule has 1 heterocycles. The minimum absolute atomic E-state index is 0.0231. The first-order valence-corrected chi connectivity index (χ1v) is 3.26. The van der Waals surface area contributed by atoms with Crippen LogP contribution in [0.3, 0.4) is 0 Å². The van der Waals surface area contributed by atoms with Gasteiger partial charge in [-0.1, -0.05) is 6.92 Å². The number of ether oxygens (including phenoxy) is 1. The molecule has 0 spiro atoms. The fourth-order valence-electron chi connectivity index (χ4n) is 0.936. The molecule has 1 N–H and O–H groups in total. The number of aliphatic hydroxyl groups is 1. The zero-order chi connectivity index (χ0) is 6.69. The van der Waals surface area contributed by atoms with Crippen LogP contribution in [0.4, 0.5) is 0 Å². The van der Waals surface area contributed by atoms with E-state index in [9.17, 15) is 0 Å². The molecule has 52 valence electrons. The van der Waals surface area contributed by atoms with E-state index in [1.165, 1.54) is 0 Å². The highest BCUT2D eigenvalue weighted by molar-refractivity contribution is 4.85. The van der Waals surface area contributed by atoms with Gasteiger partial charge < -0.3 is 9.84 Å². The molecule has 2 nitrogen and oxygen atoms in total. The third-order valence-corrected chi connectivity index (χ3v) is 1.67. The predicted octanol–water partition coefficient (Wildman–Crippen LogP) is 0.917. The maximum Gasteiger partial charge on any atom is 0.124 e. The van der Waals surface area contributed by atoms with Crippen molar-refractivity contribution in [1.82, 2.24) is 0 Å². The van der Waals surface area contributed by atoms with E-state index in [2.05, 4.69) is 6.92 Å². The van der Waals surface area contributed by atoms with Gasteiger partial charge in [-0.05, 0) is 18.4 Å². The molecule has 9 heavy (non-hydrogen) atoms. The van der Waals surface area contributed by atoms with Crippen molar-refractivity contribution in [3.8, 4) is 0 Å². The molecule has 0 fully saturated rings. The number of hydrogen-bond donors (Lipinski definition) is 1. The molecule has 0 aromatic heterocycles. The van der Waals surface area contributed by atoms with Crippen molar-refractivity contribution < 1.29 is 9.84 Å². The summed E-state index contributed by atoms with van der Waals surface area (Å²) in [5.41, 5.74) is 0. The molecule has 0 saturated carbocycles. The topological polar surface area (TPSA) is 29.5 Å². The molecular weight excluding hydrogens is 116 g/mol. The Balaban J connectivity index is 2.43. The number of allylic oxidation sites excluding steroid dienone is 1. The normalized spacial score (nSPS) is 34.0. The van der Waals surface area contributed by atoms with Gasteiger partial charge >= 0.3 is 0 Å². The summed E-state index contributed by atoms with van der Waals surface area (Å²) >= 11 is 0. The lowest BCUT2D eigenvalue weighted by molar-refractivity contribution is 0.0291. The molecule has 1 aliphatic heterocycles. The van der Waals surface area contributed by atoms with E-state index in [4.69, 9.17) is 9.84 Å². The summed E-state index contributed by atoms with van der Waals surface area (Å²) in [7, 11) is 0. The fraction of sp³-hybridized carbons (Fsp3) is 0.714. The summed E-state index contributed by atoms with van der Waals surface area (Å²) in [6, 6.07) is 0. The molecular formula is C7H12O2. The third-order valence-electron chi connectivity index (χ3n) is 1.67. The Bertz CT molecular complexity index is 109. The van der Waals surface area contributed by atoms with Gasteiger partial charge in [0.25, 0.3) is 0 Å². The molecule has 0 radical (unpaired) electrons. The van der Waals surface area contributed by atoms with Crippen molar-refractivity contribution in [2.24, 2.45) is 5.92 Å². The molecule has 0 aliphatic carbocycles. The van der Waals surface area contributed by atoms with Crippen LogP contribution in [0.1, 0.15) is 13.3 Å². The van der Waals surface area contributed by atoms with Crippen LogP contribution >= 0.6 is 0 Å². The molecule has 2 atom stereocenters. The molecule has 0 aromatic rings. The van der Waals surface area contributed by atoms with Gasteiger partial charge in [-0.2, -0.15) is 0 Å². The zero-order valence-corrected chi connectivity index (χ0v) is 5.58. The highest BCUT2D eigenvalue weighted by Gasteiger charge is 2.17. The molecule has 0 amide bonds. The van der Waals surface area contributed by atoms with Gasteiger partial charge in [-0.3, -0.25) is 0 Å². The standard InChI is InChI=1S/C7H12O2/c1-6-3-2-4-9-7(6)5-8/h2,4,6-8H,3,5H2,1H3. The maximum atomic E-state index is 8.70. The lowest BCUT2D eigenvalue weighted by Gasteiger charge is -2.23. The van der Waals surface area contributed by atoms with Gasteiger partial charge in [0.2, 0.25) is 0 Å². The van der Waals surface area contributed by atoms with Crippen molar-refractivity contribution in [1.29, 1.82) is 0 Å². The first-order chi connectivity index (χ1) is 4.34. The van der Waals surface area contributed by atoms with Crippen molar-refractivity contribution in [2.45, 2.75) is 19.4 Å². The van der Waals surface area contributed by atoms with Crippen LogP contribution in [0.2, 0.25) is 0 Å². The summed E-state index contributed by atoms with van der Waals surface area (Å²) in [6.07, 6.45) is 4.69. The average Bonchev–Trinajstić information content (AvgIpc) is 1.89. The van der Waals surface area contributed by atoms with E-state index in [-0.39, 0.29) is 12.7 Å². The summed E-state index contributed by atoms with van der Waals surface area (Å²) in [5.74, 6) is 0.458. The monoisotopic (exact) mass is 128 g/mol. The maximum absolute atomic E-state index is 8.70. The molecule has 2 unspecified atom stereocenters. The quantitative estimate of drug-likeness (QED) is 0.569. The van der Waals surface area contributed by atoms with Crippen molar-refractivity contribution in [3.63, 3.8) is 0 Å². The predicted molar refractivity (Wildman–Crippen MR) is 34.9 cm³/mol. The van der Waals surface area contributed by atoms with Crippen LogP contribution in [0.15, 0.2) is 12.3 Å². The first kappa shape index (κ1) is 6.62. The van der Waals surface area contributed by atoms with Gasteiger partial charge in [0.05, 0.1) is 12.9 Å². The third kappa shape index (κ3) is 1.45. The minimum Gasteiger partial charge on any atom is -0.496 e. The Morgan fingerprint density at radius 1 is 1.78 bits per heavy atom. The summed E-state index contributed by atoms with van der Waals surface area (Å²) in [4.78, 5) is 0. The van der Waals surface area contributed by atoms with Crippen molar-refractivity contribution in [2.75, 3.05) is 6.61 Å².